The van der Waals surface area contributed by atoms with E-state index in [0.29, 0.717) is 0 Å². The molecule has 6 nitrogen and oxygen atoms in total. The Kier molecular flexibility index (Phi) is 6.08. The molecule has 30 heavy (non-hydrogen) atoms. The van der Waals surface area contributed by atoms with E-state index in [1.807, 2.05) is 24.3 Å². The number of aromatic carboxylic acids is 2. The van der Waals surface area contributed by atoms with Gasteiger partial charge in [0.1, 0.15) is 0 Å². The zero-order chi connectivity index (χ0) is 21.7. The molecular formula is C24H19NO5. The highest BCUT2D eigenvalue weighted by Gasteiger charge is 2.20. The third-order valence-corrected chi connectivity index (χ3v) is 4.68. The van der Waals surface area contributed by atoms with E-state index in [4.69, 9.17) is 10.2 Å². The number of rotatable bonds is 4. The molecule has 4 rings (SSSR count). The van der Waals surface area contributed by atoms with Crippen molar-refractivity contribution in [3.8, 4) is 11.1 Å². The summed E-state index contributed by atoms with van der Waals surface area (Å²) in [6, 6.07) is 19.8. The fourth-order valence-electron chi connectivity index (χ4n) is 3.31. The average molecular weight is 401 g/mol. The van der Waals surface area contributed by atoms with Crippen molar-refractivity contribution in [2.75, 3.05) is 5.32 Å². The van der Waals surface area contributed by atoms with E-state index in [2.05, 4.69) is 30.1 Å². The molecule has 0 fully saturated rings. The van der Waals surface area contributed by atoms with Gasteiger partial charge in [0.2, 0.25) is 5.91 Å². The van der Waals surface area contributed by atoms with E-state index in [1.54, 1.807) is 0 Å². The summed E-state index contributed by atoms with van der Waals surface area (Å²) in [6.45, 7) is 3.48. The fourth-order valence-corrected chi connectivity index (χ4v) is 3.31. The standard InChI is InChI=1S/C16H13NO.C8H6O4/c1-2-16(18)17-15-9-5-8-13-12-7-4-3-6-11(12)10-14(13)15;9-7(10)5-3-1-2-4-6(5)8(11)12/h2-9H,1,10H2,(H,17,18);1-4H,(H,9,10)(H,11,12). The second kappa shape index (κ2) is 8.87. The van der Waals surface area contributed by atoms with Crippen LogP contribution in [0.2, 0.25) is 0 Å². The molecule has 0 bridgehead atoms. The van der Waals surface area contributed by atoms with E-state index >= 15 is 0 Å². The molecule has 0 aliphatic heterocycles. The summed E-state index contributed by atoms with van der Waals surface area (Å²) in [4.78, 5) is 32.4. The van der Waals surface area contributed by atoms with Crippen LogP contribution in [0.25, 0.3) is 11.1 Å². The van der Waals surface area contributed by atoms with Crippen molar-refractivity contribution in [3.05, 3.63) is 102 Å². The summed E-state index contributed by atoms with van der Waals surface area (Å²) in [7, 11) is 0. The van der Waals surface area contributed by atoms with E-state index in [-0.39, 0.29) is 17.0 Å². The number of amides is 1. The molecule has 0 saturated carbocycles. The Morgan fingerprint density at radius 2 is 1.37 bits per heavy atom. The maximum atomic E-state index is 11.4. The van der Waals surface area contributed by atoms with Gasteiger partial charge >= 0.3 is 11.9 Å². The van der Waals surface area contributed by atoms with Crippen molar-refractivity contribution in [1.29, 1.82) is 0 Å². The Bertz CT molecular complexity index is 1120. The minimum atomic E-state index is -1.23. The molecule has 150 valence electrons. The Morgan fingerprint density at radius 3 is 1.97 bits per heavy atom. The smallest absolute Gasteiger partial charge is 0.336 e. The van der Waals surface area contributed by atoms with E-state index < -0.39 is 11.9 Å². The lowest BCUT2D eigenvalue weighted by atomic mass is 10.1. The number of benzene rings is 3. The second-order valence-electron chi connectivity index (χ2n) is 6.51. The summed E-state index contributed by atoms with van der Waals surface area (Å²) in [5.74, 6) is -2.62. The molecule has 1 aliphatic carbocycles. The molecule has 0 aromatic heterocycles. The number of carboxylic acids is 2. The third kappa shape index (κ3) is 4.28. The molecule has 0 unspecified atom stereocenters. The molecular weight excluding hydrogens is 382 g/mol. The predicted molar refractivity (Wildman–Crippen MR) is 114 cm³/mol. The molecule has 3 N–H and O–H groups in total. The number of fused-ring (bicyclic) bond motifs is 3. The number of carbonyl (C=O) groups is 3. The summed E-state index contributed by atoms with van der Waals surface area (Å²) in [5.41, 5.74) is 5.49. The van der Waals surface area contributed by atoms with Crippen LogP contribution >= 0.6 is 0 Å². The number of anilines is 1. The van der Waals surface area contributed by atoms with E-state index in [1.165, 1.54) is 52.6 Å². The average Bonchev–Trinajstić information content (AvgIpc) is 3.14. The molecule has 0 saturated heterocycles. The van der Waals surface area contributed by atoms with Crippen LogP contribution in [0.15, 0.2) is 79.4 Å². The summed E-state index contributed by atoms with van der Waals surface area (Å²) in [5, 5.41) is 20.0. The largest absolute Gasteiger partial charge is 0.478 e. The van der Waals surface area contributed by atoms with Crippen molar-refractivity contribution in [1.82, 2.24) is 0 Å². The van der Waals surface area contributed by atoms with Gasteiger partial charge in [-0.25, -0.2) is 9.59 Å². The van der Waals surface area contributed by atoms with Crippen LogP contribution in [0.4, 0.5) is 5.69 Å². The first-order valence-corrected chi connectivity index (χ1v) is 9.11. The Balaban J connectivity index is 0.000000187. The molecule has 1 amide bonds. The van der Waals surface area contributed by atoms with Gasteiger partial charge in [0.25, 0.3) is 0 Å². The Labute approximate surface area is 173 Å². The SMILES string of the molecule is C=CC(=O)Nc1cccc2c1Cc1ccccc1-2.O=C(O)c1ccccc1C(=O)O. The van der Waals surface area contributed by atoms with Gasteiger partial charge < -0.3 is 15.5 Å². The second-order valence-corrected chi connectivity index (χ2v) is 6.51. The molecule has 6 heteroatoms. The van der Waals surface area contributed by atoms with Crippen LogP contribution in [-0.4, -0.2) is 28.1 Å². The van der Waals surface area contributed by atoms with E-state index in [0.717, 1.165) is 12.1 Å². The molecule has 3 aromatic rings. The fraction of sp³-hybridized carbons (Fsp3) is 0.0417. The molecule has 0 atom stereocenters. The minimum Gasteiger partial charge on any atom is -0.478 e. The maximum absolute atomic E-state index is 11.4. The summed E-state index contributed by atoms with van der Waals surface area (Å²) < 4.78 is 0. The summed E-state index contributed by atoms with van der Waals surface area (Å²) >= 11 is 0. The molecule has 0 heterocycles. The summed E-state index contributed by atoms with van der Waals surface area (Å²) in [6.07, 6.45) is 2.17. The lowest BCUT2D eigenvalue weighted by molar-refractivity contribution is -0.111. The van der Waals surface area contributed by atoms with Gasteiger partial charge in [-0.1, -0.05) is 55.1 Å². The molecule has 1 aliphatic rings. The molecule has 0 spiro atoms. The molecule has 3 aromatic carbocycles. The first-order chi connectivity index (χ1) is 14.4. The van der Waals surface area contributed by atoms with Crippen molar-refractivity contribution in [2.24, 2.45) is 0 Å². The first kappa shape index (κ1) is 20.5. The van der Waals surface area contributed by atoms with Crippen molar-refractivity contribution in [2.45, 2.75) is 6.42 Å². The van der Waals surface area contributed by atoms with Crippen LogP contribution in [-0.2, 0) is 11.2 Å². The number of hydrogen-bond acceptors (Lipinski definition) is 3. The Hall–Kier alpha value is -4.19. The quantitative estimate of drug-likeness (QED) is 0.438. The van der Waals surface area contributed by atoms with E-state index in [9.17, 15) is 14.4 Å². The minimum absolute atomic E-state index is 0.167. The van der Waals surface area contributed by atoms with Gasteiger partial charge in [0.05, 0.1) is 11.1 Å². The third-order valence-electron chi connectivity index (χ3n) is 4.68. The van der Waals surface area contributed by atoms with Crippen LogP contribution < -0.4 is 5.32 Å². The van der Waals surface area contributed by atoms with Crippen LogP contribution in [0.1, 0.15) is 31.8 Å². The highest BCUT2D eigenvalue weighted by molar-refractivity contribution is 6.02. The van der Waals surface area contributed by atoms with Crippen LogP contribution in [0, 0.1) is 0 Å². The zero-order valence-corrected chi connectivity index (χ0v) is 16.0. The van der Waals surface area contributed by atoms with Gasteiger partial charge in [-0.15, -0.1) is 0 Å². The predicted octanol–water partition coefficient (Wildman–Crippen LogP) is 4.47. The van der Waals surface area contributed by atoms with Crippen LogP contribution in [0.3, 0.4) is 0 Å². The lowest BCUT2D eigenvalue weighted by Gasteiger charge is -2.08. The number of hydrogen-bond donors (Lipinski definition) is 3. The maximum Gasteiger partial charge on any atom is 0.336 e. The van der Waals surface area contributed by atoms with Gasteiger partial charge in [0, 0.05) is 12.1 Å². The normalized spacial score (nSPS) is 10.7. The first-order valence-electron chi connectivity index (χ1n) is 9.11. The number of nitrogens with one attached hydrogen (secondary N) is 1. The topological polar surface area (TPSA) is 104 Å². The Morgan fingerprint density at radius 1 is 0.800 bits per heavy atom. The number of carboxylic acid groups (broad SMARTS) is 2. The van der Waals surface area contributed by atoms with Crippen LogP contribution in [0.5, 0.6) is 0 Å². The van der Waals surface area contributed by atoms with Crippen molar-refractivity contribution >= 4 is 23.5 Å². The van der Waals surface area contributed by atoms with Gasteiger partial charge in [-0.3, -0.25) is 4.79 Å². The van der Waals surface area contributed by atoms with Gasteiger partial charge in [-0.2, -0.15) is 0 Å². The van der Waals surface area contributed by atoms with Crippen molar-refractivity contribution < 1.29 is 24.6 Å². The highest BCUT2D eigenvalue weighted by Crippen LogP contribution is 2.39. The van der Waals surface area contributed by atoms with Gasteiger partial charge in [-0.05, 0) is 46.5 Å². The lowest BCUT2D eigenvalue weighted by Crippen LogP contribution is -2.09. The highest BCUT2D eigenvalue weighted by atomic mass is 16.4. The van der Waals surface area contributed by atoms with Crippen molar-refractivity contribution in [3.63, 3.8) is 0 Å². The monoisotopic (exact) mass is 401 g/mol. The molecule has 0 radical (unpaired) electrons. The zero-order valence-electron chi connectivity index (χ0n) is 16.0. The van der Waals surface area contributed by atoms with Gasteiger partial charge in [0.15, 0.2) is 0 Å². The number of carbonyl (C=O) groups excluding carboxylic acids is 1.